The first kappa shape index (κ1) is 11.0. The van der Waals surface area contributed by atoms with Crippen molar-refractivity contribution in [2.75, 3.05) is 33.3 Å². The minimum absolute atomic E-state index is 0.289. The third kappa shape index (κ3) is 3.25. The van der Waals surface area contributed by atoms with E-state index in [0.717, 1.165) is 26.1 Å². The largest absolute Gasteiger partial charge is 0.396 e. The van der Waals surface area contributed by atoms with Crippen LogP contribution in [-0.2, 0) is 0 Å². The molecule has 3 heteroatoms. The second-order valence-electron chi connectivity index (χ2n) is 4.88. The molecule has 1 atom stereocenters. The Morgan fingerprint density at radius 1 is 1.54 bits per heavy atom. The van der Waals surface area contributed by atoms with Gasteiger partial charge in [0.05, 0.1) is 0 Å². The first-order valence-corrected chi connectivity index (χ1v) is 5.07. The van der Waals surface area contributed by atoms with Crippen LogP contribution in [0.15, 0.2) is 0 Å². The predicted octanol–water partition coefficient (Wildman–Crippen LogP) is 0.299. The highest BCUT2D eigenvalue weighted by Crippen LogP contribution is 2.19. The quantitative estimate of drug-likeness (QED) is 0.651. The standard InChI is InChI=1S/C10H22N2O/c1-10(2)7-11-6-9(4-5-13)12(3)8-10/h9,11,13H,4-8H2,1-3H3. The summed E-state index contributed by atoms with van der Waals surface area (Å²) in [5, 5.41) is 12.4. The lowest BCUT2D eigenvalue weighted by Gasteiger charge is -2.30. The molecule has 1 aliphatic rings. The second kappa shape index (κ2) is 4.40. The van der Waals surface area contributed by atoms with Gasteiger partial charge >= 0.3 is 0 Å². The SMILES string of the molecule is CN1CC(C)(C)CNCC1CCO. The van der Waals surface area contributed by atoms with Gasteiger partial charge in [-0.15, -0.1) is 0 Å². The van der Waals surface area contributed by atoms with Crippen LogP contribution >= 0.6 is 0 Å². The Balaban J connectivity index is 2.52. The molecular formula is C10H22N2O. The monoisotopic (exact) mass is 186 g/mol. The molecule has 1 saturated heterocycles. The van der Waals surface area contributed by atoms with Crippen molar-refractivity contribution in [1.82, 2.24) is 10.2 Å². The topological polar surface area (TPSA) is 35.5 Å². The molecule has 0 spiro atoms. The van der Waals surface area contributed by atoms with Crippen molar-refractivity contribution in [2.45, 2.75) is 26.3 Å². The molecule has 0 saturated carbocycles. The van der Waals surface area contributed by atoms with Gasteiger partial charge in [-0.3, -0.25) is 0 Å². The van der Waals surface area contributed by atoms with Crippen LogP contribution in [0.5, 0.6) is 0 Å². The van der Waals surface area contributed by atoms with Gasteiger partial charge in [-0.1, -0.05) is 13.8 Å². The molecule has 0 aromatic heterocycles. The molecule has 0 aromatic rings. The lowest BCUT2D eigenvalue weighted by atomic mass is 9.93. The van der Waals surface area contributed by atoms with E-state index < -0.39 is 0 Å². The molecule has 78 valence electrons. The van der Waals surface area contributed by atoms with Crippen LogP contribution in [-0.4, -0.2) is 49.3 Å². The van der Waals surface area contributed by atoms with Crippen LogP contribution in [0, 0.1) is 5.41 Å². The summed E-state index contributed by atoms with van der Waals surface area (Å²) in [5.74, 6) is 0. The molecule has 0 radical (unpaired) electrons. The highest BCUT2D eigenvalue weighted by atomic mass is 16.3. The fourth-order valence-electron chi connectivity index (χ4n) is 2.06. The summed E-state index contributed by atoms with van der Waals surface area (Å²) < 4.78 is 0. The fraction of sp³-hybridized carbons (Fsp3) is 1.00. The molecule has 0 bridgehead atoms. The van der Waals surface area contributed by atoms with E-state index in [4.69, 9.17) is 5.11 Å². The molecule has 3 nitrogen and oxygen atoms in total. The molecule has 1 heterocycles. The molecule has 1 rings (SSSR count). The summed E-state index contributed by atoms with van der Waals surface area (Å²) in [4.78, 5) is 2.36. The van der Waals surface area contributed by atoms with E-state index in [2.05, 4.69) is 31.1 Å². The maximum absolute atomic E-state index is 8.90. The van der Waals surface area contributed by atoms with Crippen LogP contribution in [0.3, 0.4) is 0 Å². The number of aliphatic hydroxyl groups excluding tert-OH is 1. The molecule has 0 aliphatic carbocycles. The zero-order valence-electron chi connectivity index (χ0n) is 9.01. The lowest BCUT2D eigenvalue weighted by Crippen LogP contribution is -2.39. The maximum atomic E-state index is 8.90. The van der Waals surface area contributed by atoms with Gasteiger partial charge in [0.2, 0.25) is 0 Å². The van der Waals surface area contributed by atoms with Crippen LogP contribution < -0.4 is 5.32 Å². The molecule has 0 amide bonds. The first-order valence-electron chi connectivity index (χ1n) is 5.07. The summed E-state index contributed by atoms with van der Waals surface area (Å²) in [6.07, 6.45) is 0.875. The summed E-state index contributed by atoms with van der Waals surface area (Å²) in [6.45, 7) is 8.01. The van der Waals surface area contributed by atoms with Gasteiger partial charge in [-0.25, -0.2) is 0 Å². The fourth-order valence-corrected chi connectivity index (χ4v) is 2.06. The number of rotatable bonds is 2. The Kier molecular flexibility index (Phi) is 3.71. The Morgan fingerprint density at radius 3 is 2.85 bits per heavy atom. The average molecular weight is 186 g/mol. The van der Waals surface area contributed by atoms with E-state index in [1.807, 2.05) is 0 Å². The molecule has 1 unspecified atom stereocenters. The van der Waals surface area contributed by atoms with Crippen molar-refractivity contribution in [3.63, 3.8) is 0 Å². The first-order chi connectivity index (χ1) is 6.05. The third-order valence-electron chi connectivity index (χ3n) is 2.75. The zero-order chi connectivity index (χ0) is 9.90. The van der Waals surface area contributed by atoms with Gasteiger partial charge in [0.15, 0.2) is 0 Å². The van der Waals surface area contributed by atoms with E-state index in [-0.39, 0.29) is 6.61 Å². The van der Waals surface area contributed by atoms with Crippen molar-refractivity contribution >= 4 is 0 Å². The van der Waals surface area contributed by atoms with Gasteiger partial charge in [0, 0.05) is 32.3 Å². The van der Waals surface area contributed by atoms with E-state index >= 15 is 0 Å². The Hall–Kier alpha value is -0.120. The van der Waals surface area contributed by atoms with E-state index in [1.54, 1.807) is 0 Å². The Labute approximate surface area is 81.1 Å². The van der Waals surface area contributed by atoms with Gasteiger partial charge < -0.3 is 15.3 Å². The second-order valence-corrected chi connectivity index (χ2v) is 4.88. The van der Waals surface area contributed by atoms with Gasteiger partial charge in [-0.2, -0.15) is 0 Å². The maximum Gasteiger partial charge on any atom is 0.0446 e. The van der Waals surface area contributed by atoms with Crippen molar-refractivity contribution in [2.24, 2.45) is 5.41 Å². The van der Waals surface area contributed by atoms with Crippen LogP contribution in [0.1, 0.15) is 20.3 Å². The number of hydrogen-bond acceptors (Lipinski definition) is 3. The van der Waals surface area contributed by atoms with E-state index in [0.29, 0.717) is 11.5 Å². The number of hydrogen-bond donors (Lipinski definition) is 2. The average Bonchev–Trinajstić information content (AvgIpc) is 2.11. The summed E-state index contributed by atoms with van der Waals surface area (Å²) in [6, 6.07) is 0.492. The Bertz CT molecular complexity index is 159. The highest BCUT2D eigenvalue weighted by molar-refractivity contribution is 4.84. The number of nitrogens with zero attached hydrogens (tertiary/aromatic N) is 1. The van der Waals surface area contributed by atoms with Crippen LogP contribution in [0.4, 0.5) is 0 Å². The molecule has 1 fully saturated rings. The van der Waals surface area contributed by atoms with E-state index in [1.165, 1.54) is 0 Å². The highest BCUT2D eigenvalue weighted by Gasteiger charge is 2.27. The molecule has 1 aliphatic heterocycles. The van der Waals surface area contributed by atoms with Gasteiger partial charge in [0.1, 0.15) is 0 Å². The third-order valence-corrected chi connectivity index (χ3v) is 2.75. The van der Waals surface area contributed by atoms with E-state index in [9.17, 15) is 0 Å². The summed E-state index contributed by atoms with van der Waals surface area (Å²) >= 11 is 0. The summed E-state index contributed by atoms with van der Waals surface area (Å²) in [5.41, 5.74) is 0.346. The van der Waals surface area contributed by atoms with Crippen molar-refractivity contribution in [3.05, 3.63) is 0 Å². The zero-order valence-corrected chi connectivity index (χ0v) is 9.01. The Morgan fingerprint density at radius 2 is 2.23 bits per heavy atom. The normalized spacial score (nSPS) is 30.0. The minimum atomic E-state index is 0.289. The molecule has 2 N–H and O–H groups in total. The smallest absolute Gasteiger partial charge is 0.0446 e. The van der Waals surface area contributed by atoms with Gasteiger partial charge in [0.25, 0.3) is 0 Å². The van der Waals surface area contributed by atoms with Crippen molar-refractivity contribution in [3.8, 4) is 0 Å². The van der Waals surface area contributed by atoms with Crippen LogP contribution in [0.2, 0.25) is 0 Å². The lowest BCUT2D eigenvalue weighted by molar-refractivity contribution is 0.162. The molecule has 13 heavy (non-hydrogen) atoms. The predicted molar refractivity (Wildman–Crippen MR) is 54.8 cm³/mol. The van der Waals surface area contributed by atoms with Crippen molar-refractivity contribution < 1.29 is 5.11 Å². The number of aliphatic hydroxyl groups is 1. The number of likely N-dealkylation sites (N-methyl/N-ethyl adjacent to an activating group) is 1. The minimum Gasteiger partial charge on any atom is -0.396 e. The van der Waals surface area contributed by atoms with Gasteiger partial charge in [-0.05, 0) is 18.9 Å². The molecular weight excluding hydrogens is 164 g/mol. The number of nitrogens with one attached hydrogen (secondary N) is 1. The van der Waals surface area contributed by atoms with Crippen molar-refractivity contribution in [1.29, 1.82) is 0 Å². The van der Waals surface area contributed by atoms with Crippen LogP contribution in [0.25, 0.3) is 0 Å². The summed E-state index contributed by atoms with van der Waals surface area (Å²) in [7, 11) is 2.15. The molecule has 0 aromatic carbocycles.